The molecule has 0 spiro atoms. The molecule has 0 saturated carbocycles. The van der Waals surface area contributed by atoms with E-state index in [1.165, 1.54) is 0 Å². The van der Waals surface area contributed by atoms with E-state index >= 15 is 0 Å². The summed E-state index contributed by atoms with van der Waals surface area (Å²) in [6.07, 6.45) is 0. The monoisotopic (exact) mass is 399 g/mol. The maximum atomic E-state index is 13.5. The fourth-order valence-corrected chi connectivity index (χ4v) is 2.54. The van der Waals surface area contributed by atoms with Crippen LogP contribution >= 0.6 is 11.6 Å². The van der Waals surface area contributed by atoms with Gasteiger partial charge in [0.15, 0.2) is 17.5 Å². The first-order valence-electron chi connectivity index (χ1n) is 7.97. The standard InChI is InChI=1S/C18H17ClF3N3O2/c1-10(11-4-2-3-5-12(11)19)23-8-15(26)24-9-16(27)25-14-7-6-13(20)17(21)18(14)22/h2-7,10,23H,8-9H2,1H3,(H,24,26)(H,25,27)/t10-/m1/s1. The number of anilines is 1. The summed E-state index contributed by atoms with van der Waals surface area (Å²) in [7, 11) is 0. The predicted octanol–water partition coefficient (Wildman–Crippen LogP) is 3.16. The highest BCUT2D eigenvalue weighted by Gasteiger charge is 2.16. The van der Waals surface area contributed by atoms with Gasteiger partial charge in [-0.2, -0.15) is 0 Å². The number of amides is 2. The van der Waals surface area contributed by atoms with Crippen molar-refractivity contribution in [3.05, 3.63) is 64.4 Å². The largest absolute Gasteiger partial charge is 0.346 e. The van der Waals surface area contributed by atoms with E-state index in [4.69, 9.17) is 11.6 Å². The van der Waals surface area contributed by atoms with Crippen molar-refractivity contribution in [2.75, 3.05) is 18.4 Å². The Kier molecular flexibility index (Phi) is 7.20. The van der Waals surface area contributed by atoms with Crippen molar-refractivity contribution in [2.24, 2.45) is 0 Å². The van der Waals surface area contributed by atoms with Crippen LogP contribution in [0.25, 0.3) is 0 Å². The van der Waals surface area contributed by atoms with Crippen LogP contribution in [-0.4, -0.2) is 24.9 Å². The number of hydrogen-bond donors (Lipinski definition) is 3. The van der Waals surface area contributed by atoms with E-state index in [0.717, 1.165) is 11.6 Å². The van der Waals surface area contributed by atoms with Crippen molar-refractivity contribution in [3.8, 4) is 0 Å². The lowest BCUT2D eigenvalue weighted by Crippen LogP contribution is -2.39. The van der Waals surface area contributed by atoms with Crippen LogP contribution in [0.4, 0.5) is 18.9 Å². The van der Waals surface area contributed by atoms with Gasteiger partial charge in [-0.3, -0.25) is 9.59 Å². The highest BCUT2D eigenvalue weighted by molar-refractivity contribution is 6.31. The first-order valence-corrected chi connectivity index (χ1v) is 8.35. The van der Waals surface area contributed by atoms with E-state index in [-0.39, 0.29) is 12.6 Å². The second-order valence-corrected chi connectivity index (χ2v) is 6.08. The Balaban J connectivity index is 1.79. The molecule has 0 aromatic heterocycles. The van der Waals surface area contributed by atoms with Crippen LogP contribution < -0.4 is 16.0 Å². The van der Waals surface area contributed by atoms with Gasteiger partial charge in [0, 0.05) is 11.1 Å². The lowest BCUT2D eigenvalue weighted by Gasteiger charge is -2.15. The van der Waals surface area contributed by atoms with Crippen molar-refractivity contribution < 1.29 is 22.8 Å². The molecule has 2 amide bonds. The summed E-state index contributed by atoms with van der Waals surface area (Å²) >= 11 is 6.07. The van der Waals surface area contributed by atoms with Crippen LogP contribution in [0.5, 0.6) is 0 Å². The van der Waals surface area contributed by atoms with Gasteiger partial charge < -0.3 is 16.0 Å². The Hall–Kier alpha value is -2.58. The molecule has 2 aromatic rings. The molecule has 0 fully saturated rings. The quantitative estimate of drug-likeness (QED) is 0.626. The Labute approximate surface area is 158 Å². The number of carbonyl (C=O) groups excluding carboxylic acids is 2. The van der Waals surface area contributed by atoms with Crippen molar-refractivity contribution in [1.82, 2.24) is 10.6 Å². The number of hydrogen-bond acceptors (Lipinski definition) is 3. The summed E-state index contributed by atoms with van der Waals surface area (Å²) in [4.78, 5) is 23.5. The summed E-state index contributed by atoms with van der Waals surface area (Å²) in [6, 6.07) is 8.54. The third-order valence-corrected chi connectivity index (χ3v) is 4.04. The molecule has 2 aromatic carbocycles. The Morgan fingerprint density at radius 2 is 1.70 bits per heavy atom. The zero-order chi connectivity index (χ0) is 20.0. The molecule has 9 heteroatoms. The van der Waals surface area contributed by atoms with Crippen LogP contribution in [0.2, 0.25) is 5.02 Å². The molecule has 2 rings (SSSR count). The second kappa shape index (κ2) is 9.38. The van der Waals surface area contributed by atoms with E-state index in [1.54, 1.807) is 12.1 Å². The molecule has 27 heavy (non-hydrogen) atoms. The van der Waals surface area contributed by atoms with Crippen LogP contribution in [0.15, 0.2) is 36.4 Å². The molecule has 5 nitrogen and oxygen atoms in total. The minimum atomic E-state index is -1.69. The minimum absolute atomic E-state index is 0.0841. The molecular formula is C18H17ClF3N3O2. The molecule has 1 atom stereocenters. The lowest BCUT2D eigenvalue weighted by molar-refractivity contribution is -0.123. The van der Waals surface area contributed by atoms with Crippen molar-refractivity contribution in [3.63, 3.8) is 0 Å². The van der Waals surface area contributed by atoms with Gasteiger partial charge in [-0.15, -0.1) is 0 Å². The fourth-order valence-electron chi connectivity index (χ4n) is 2.24. The zero-order valence-corrected chi connectivity index (χ0v) is 15.0. The van der Waals surface area contributed by atoms with Crippen molar-refractivity contribution >= 4 is 29.1 Å². The van der Waals surface area contributed by atoms with Gasteiger partial charge in [-0.25, -0.2) is 13.2 Å². The molecule has 0 aliphatic heterocycles. The number of nitrogens with one attached hydrogen (secondary N) is 3. The molecule has 0 unspecified atom stereocenters. The average molecular weight is 400 g/mol. The van der Waals surface area contributed by atoms with E-state index in [1.807, 2.05) is 19.1 Å². The topological polar surface area (TPSA) is 70.2 Å². The second-order valence-electron chi connectivity index (χ2n) is 5.67. The molecule has 0 aliphatic carbocycles. The predicted molar refractivity (Wildman–Crippen MR) is 95.8 cm³/mol. The van der Waals surface area contributed by atoms with Gasteiger partial charge in [0.1, 0.15) is 0 Å². The van der Waals surface area contributed by atoms with E-state index in [0.29, 0.717) is 11.1 Å². The summed E-state index contributed by atoms with van der Waals surface area (Å²) in [5.41, 5.74) is 0.303. The minimum Gasteiger partial charge on any atom is -0.346 e. The normalized spacial score (nSPS) is 11.7. The first kappa shape index (κ1) is 20.7. The smallest absolute Gasteiger partial charge is 0.243 e. The number of benzene rings is 2. The summed E-state index contributed by atoms with van der Waals surface area (Å²) in [5.74, 6) is -5.82. The van der Waals surface area contributed by atoms with E-state index < -0.39 is 41.5 Å². The number of halogens is 4. The molecule has 0 saturated heterocycles. The van der Waals surface area contributed by atoms with Crippen LogP contribution in [0.1, 0.15) is 18.5 Å². The number of rotatable bonds is 7. The number of carbonyl (C=O) groups is 2. The van der Waals surface area contributed by atoms with Crippen LogP contribution in [0.3, 0.4) is 0 Å². The van der Waals surface area contributed by atoms with Gasteiger partial charge >= 0.3 is 0 Å². The molecular weight excluding hydrogens is 383 g/mol. The Bertz CT molecular complexity index is 849. The van der Waals surface area contributed by atoms with E-state index in [2.05, 4.69) is 16.0 Å². The highest BCUT2D eigenvalue weighted by atomic mass is 35.5. The van der Waals surface area contributed by atoms with Gasteiger partial charge in [0.25, 0.3) is 0 Å². The summed E-state index contributed by atoms with van der Waals surface area (Å²) in [5, 5.41) is 7.91. The lowest BCUT2D eigenvalue weighted by atomic mass is 10.1. The SMILES string of the molecule is C[C@@H](NCC(=O)NCC(=O)Nc1ccc(F)c(F)c1F)c1ccccc1Cl. The molecule has 3 N–H and O–H groups in total. The maximum Gasteiger partial charge on any atom is 0.243 e. The van der Waals surface area contributed by atoms with Gasteiger partial charge in [0.2, 0.25) is 11.8 Å². The van der Waals surface area contributed by atoms with Crippen LogP contribution in [0, 0.1) is 17.5 Å². The molecule has 0 bridgehead atoms. The Morgan fingerprint density at radius 3 is 2.41 bits per heavy atom. The third kappa shape index (κ3) is 5.70. The molecule has 0 heterocycles. The first-order chi connectivity index (χ1) is 12.8. The maximum absolute atomic E-state index is 13.5. The van der Waals surface area contributed by atoms with E-state index in [9.17, 15) is 22.8 Å². The molecule has 0 radical (unpaired) electrons. The Morgan fingerprint density at radius 1 is 1.00 bits per heavy atom. The third-order valence-electron chi connectivity index (χ3n) is 3.70. The average Bonchev–Trinajstić information content (AvgIpc) is 2.65. The zero-order valence-electron chi connectivity index (χ0n) is 14.3. The summed E-state index contributed by atoms with van der Waals surface area (Å²) < 4.78 is 39.4. The van der Waals surface area contributed by atoms with Gasteiger partial charge in [-0.05, 0) is 30.7 Å². The van der Waals surface area contributed by atoms with Gasteiger partial charge in [0.05, 0.1) is 18.8 Å². The molecule has 0 aliphatic rings. The van der Waals surface area contributed by atoms with Crippen molar-refractivity contribution in [2.45, 2.75) is 13.0 Å². The van der Waals surface area contributed by atoms with Crippen LogP contribution in [-0.2, 0) is 9.59 Å². The highest BCUT2D eigenvalue weighted by Crippen LogP contribution is 2.22. The van der Waals surface area contributed by atoms with Gasteiger partial charge in [-0.1, -0.05) is 29.8 Å². The fraction of sp³-hybridized carbons (Fsp3) is 0.222. The van der Waals surface area contributed by atoms with Crippen molar-refractivity contribution in [1.29, 1.82) is 0 Å². The molecule has 144 valence electrons. The summed E-state index contributed by atoms with van der Waals surface area (Å²) in [6.45, 7) is 1.28.